The van der Waals surface area contributed by atoms with Crippen molar-refractivity contribution in [3.8, 4) is 22.6 Å². The zero-order valence-corrected chi connectivity index (χ0v) is 12.0. The molecule has 0 amide bonds. The third-order valence-corrected chi connectivity index (χ3v) is 3.44. The summed E-state index contributed by atoms with van der Waals surface area (Å²) in [4.78, 5) is 5.85. The Kier molecular flexibility index (Phi) is 2.89. The van der Waals surface area contributed by atoms with Crippen molar-refractivity contribution in [3.63, 3.8) is 0 Å². The summed E-state index contributed by atoms with van der Waals surface area (Å²) in [6, 6.07) is 11.8. The van der Waals surface area contributed by atoms with Crippen LogP contribution in [0.25, 0.3) is 28.3 Å². The predicted octanol–water partition coefficient (Wildman–Crippen LogP) is 2.07. The summed E-state index contributed by atoms with van der Waals surface area (Å²) in [7, 11) is 0. The zero-order chi connectivity index (χ0) is 14.9. The van der Waals surface area contributed by atoms with Gasteiger partial charge in [-0.25, -0.2) is 9.50 Å². The first kappa shape index (κ1) is 12.6. The molecule has 0 fully saturated rings. The number of hydrogen-bond donors (Lipinski definition) is 0. The van der Waals surface area contributed by atoms with E-state index in [0.717, 1.165) is 22.5 Å². The van der Waals surface area contributed by atoms with Crippen LogP contribution in [0, 0.1) is 0 Å². The van der Waals surface area contributed by atoms with Crippen LogP contribution in [0.2, 0.25) is 0 Å². The van der Waals surface area contributed by atoms with Crippen molar-refractivity contribution < 1.29 is 0 Å². The summed E-state index contributed by atoms with van der Waals surface area (Å²) in [6.07, 6.45) is 3.52. The highest BCUT2D eigenvalue weighted by molar-refractivity contribution is 5.68. The molecule has 3 heterocycles. The van der Waals surface area contributed by atoms with Gasteiger partial charge in [0.15, 0.2) is 5.65 Å². The van der Waals surface area contributed by atoms with Crippen molar-refractivity contribution in [1.29, 1.82) is 0 Å². The molecule has 1 aromatic carbocycles. The van der Waals surface area contributed by atoms with E-state index in [0.29, 0.717) is 12.4 Å². The fraction of sp³-hybridized carbons (Fsp3) is 0.133. The SMILES string of the molecule is CCn1nnc(-c2cccc(-c3ccnc4ccnn34)c2)n1. The zero-order valence-electron chi connectivity index (χ0n) is 12.0. The Bertz CT molecular complexity index is 938. The van der Waals surface area contributed by atoms with E-state index >= 15 is 0 Å². The van der Waals surface area contributed by atoms with Crippen molar-refractivity contribution in [2.24, 2.45) is 0 Å². The molecule has 0 radical (unpaired) electrons. The van der Waals surface area contributed by atoms with Crippen molar-refractivity contribution in [3.05, 3.63) is 48.8 Å². The van der Waals surface area contributed by atoms with Gasteiger partial charge in [-0.1, -0.05) is 18.2 Å². The molecule has 7 heteroatoms. The van der Waals surface area contributed by atoms with E-state index in [9.17, 15) is 0 Å². The lowest BCUT2D eigenvalue weighted by Crippen LogP contribution is -1.98. The molecule has 0 N–H and O–H groups in total. The Morgan fingerprint density at radius 3 is 2.82 bits per heavy atom. The molecule has 4 rings (SSSR count). The molecule has 108 valence electrons. The molecule has 0 aliphatic heterocycles. The van der Waals surface area contributed by atoms with Gasteiger partial charge in [0, 0.05) is 23.4 Å². The third kappa shape index (κ3) is 2.03. The van der Waals surface area contributed by atoms with Crippen LogP contribution in [0.1, 0.15) is 6.92 Å². The summed E-state index contributed by atoms with van der Waals surface area (Å²) < 4.78 is 1.81. The Morgan fingerprint density at radius 1 is 1.05 bits per heavy atom. The standard InChI is InChI=1S/C15H13N7/c1-2-21-19-15(18-20-21)12-5-3-4-11(10-12)13-6-8-16-14-7-9-17-22(13)14/h3-10H,2H2,1H3. The molecule has 0 aliphatic carbocycles. The average Bonchev–Trinajstić information content (AvgIpc) is 3.23. The van der Waals surface area contributed by atoms with Crippen LogP contribution in [0.15, 0.2) is 48.8 Å². The Balaban J connectivity index is 1.83. The van der Waals surface area contributed by atoms with Crippen molar-refractivity contribution in [2.45, 2.75) is 13.5 Å². The molecule has 0 unspecified atom stereocenters. The van der Waals surface area contributed by atoms with Crippen LogP contribution < -0.4 is 0 Å². The molecule has 7 nitrogen and oxygen atoms in total. The van der Waals surface area contributed by atoms with E-state index in [1.165, 1.54) is 0 Å². The van der Waals surface area contributed by atoms with Gasteiger partial charge in [-0.2, -0.15) is 9.90 Å². The number of aromatic nitrogens is 7. The van der Waals surface area contributed by atoms with E-state index in [1.807, 2.05) is 47.8 Å². The lowest BCUT2D eigenvalue weighted by atomic mass is 10.1. The fourth-order valence-corrected chi connectivity index (χ4v) is 2.36. The molecule has 4 aromatic rings. The fourth-order valence-electron chi connectivity index (χ4n) is 2.36. The van der Waals surface area contributed by atoms with Gasteiger partial charge in [-0.15, -0.1) is 10.2 Å². The van der Waals surface area contributed by atoms with Gasteiger partial charge in [0.1, 0.15) is 0 Å². The second kappa shape index (κ2) is 5.03. The van der Waals surface area contributed by atoms with Crippen LogP contribution in [-0.2, 0) is 6.54 Å². The summed E-state index contributed by atoms with van der Waals surface area (Å²) in [6.45, 7) is 2.68. The number of benzene rings is 1. The maximum atomic E-state index is 4.35. The monoisotopic (exact) mass is 291 g/mol. The van der Waals surface area contributed by atoms with Gasteiger partial charge in [0.25, 0.3) is 0 Å². The van der Waals surface area contributed by atoms with E-state index in [1.54, 1.807) is 17.2 Å². The third-order valence-electron chi connectivity index (χ3n) is 3.44. The summed E-state index contributed by atoms with van der Waals surface area (Å²) >= 11 is 0. The lowest BCUT2D eigenvalue weighted by Gasteiger charge is -2.05. The molecule has 0 atom stereocenters. The molecule has 0 aliphatic rings. The Hall–Kier alpha value is -3.09. The van der Waals surface area contributed by atoms with Gasteiger partial charge in [0.2, 0.25) is 5.82 Å². The molecule has 0 saturated carbocycles. The number of aryl methyl sites for hydroxylation is 1. The number of rotatable bonds is 3. The van der Waals surface area contributed by atoms with Crippen molar-refractivity contribution >= 4 is 5.65 Å². The summed E-state index contributed by atoms with van der Waals surface area (Å²) in [5.41, 5.74) is 3.74. The van der Waals surface area contributed by atoms with E-state index in [2.05, 4.69) is 25.5 Å². The highest BCUT2D eigenvalue weighted by Crippen LogP contribution is 2.24. The van der Waals surface area contributed by atoms with Gasteiger partial charge >= 0.3 is 0 Å². The number of tetrazole rings is 1. The van der Waals surface area contributed by atoms with Gasteiger partial charge in [-0.05, 0) is 24.3 Å². The van der Waals surface area contributed by atoms with Gasteiger partial charge in [-0.3, -0.25) is 0 Å². The predicted molar refractivity (Wildman–Crippen MR) is 80.9 cm³/mol. The first-order chi connectivity index (χ1) is 10.8. The van der Waals surface area contributed by atoms with Gasteiger partial charge in [0.05, 0.1) is 18.4 Å². The Morgan fingerprint density at radius 2 is 1.95 bits per heavy atom. The number of nitrogens with zero attached hydrogens (tertiary/aromatic N) is 7. The number of fused-ring (bicyclic) bond motifs is 1. The smallest absolute Gasteiger partial charge is 0.204 e. The molecular formula is C15H13N7. The first-order valence-corrected chi connectivity index (χ1v) is 7.02. The van der Waals surface area contributed by atoms with Crippen LogP contribution in [0.5, 0.6) is 0 Å². The van der Waals surface area contributed by atoms with Crippen molar-refractivity contribution in [1.82, 2.24) is 34.8 Å². The van der Waals surface area contributed by atoms with E-state index in [-0.39, 0.29) is 0 Å². The van der Waals surface area contributed by atoms with Crippen LogP contribution in [0.3, 0.4) is 0 Å². The Labute approximate surface area is 126 Å². The largest absolute Gasteiger partial charge is 0.237 e. The summed E-state index contributed by atoms with van der Waals surface area (Å²) in [5.74, 6) is 0.620. The van der Waals surface area contributed by atoms with Crippen LogP contribution >= 0.6 is 0 Å². The quantitative estimate of drug-likeness (QED) is 0.577. The topological polar surface area (TPSA) is 73.8 Å². The highest BCUT2D eigenvalue weighted by atomic mass is 15.6. The molecule has 0 bridgehead atoms. The first-order valence-electron chi connectivity index (χ1n) is 7.02. The highest BCUT2D eigenvalue weighted by Gasteiger charge is 2.09. The van der Waals surface area contributed by atoms with E-state index < -0.39 is 0 Å². The van der Waals surface area contributed by atoms with Gasteiger partial charge < -0.3 is 0 Å². The molecule has 0 saturated heterocycles. The lowest BCUT2D eigenvalue weighted by molar-refractivity contribution is 0.553. The molecular weight excluding hydrogens is 278 g/mol. The van der Waals surface area contributed by atoms with Crippen molar-refractivity contribution in [2.75, 3.05) is 0 Å². The minimum absolute atomic E-state index is 0.620. The average molecular weight is 291 g/mol. The molecule has 22 heavy (non-hydrogen) atoms. The maximum Gasteiger partial charge on any atom is 0.204 e. The normalized spacial score (nSPS) is 11.1. The molecule has 3 aromatic heterocycles. The molecule has 0 spiro atoms. The minimum Gasteiger partial charge on any atom is -0.237 e. The second-order valence-electron chi connectivity index (χ2n) is 4.81. The second-order valence-corrected chi connectivity index (χ2v) is 4.81. The van der Waals surface area contributed by atoms with Crippen LogP contribution in [0.4, 0.5) is 0 Å². The van der Waals surface area contributed by atoms with E-state index in [4.69, 9.17) is 0 Å². The maximum absolute atomic E-state index is 4.35. The number of hydrogen-bond acceptors (Lipinski definition) is 5. The summed E-state index contributed by atoms with van der Waals surface area (Å²) in [5, 5.41) is 16.8. The minimum atomic E-state index is 0.620. The van der Waals surface area contributed by atoms with Crippen LogP contribution in [-0.4, -0.2) is 34.8 Å².